The molecule has 1 fully saturated rings. The number of rotatable bonds is 10. The molecule has 3 aliphatic rings. The molecule has 0 amide bonds. The summed E-state index contributed by atoms with van der Waals surface area (Å²) in [4.78, 5) is 52.6. The van der Waals surface area contributed by atoms with E-state index in [9.17, 15) is 0 Å². The van der Waals surface area contributed by atoms with Crippen LogP contribution in [0.25, 0.3) is 0 Å². The van der Waals surface area contributed by atoms with Crippen LogP contribution in [0, 0.1) is 17.8 Å². The molecule has 0 bridgehead atoms. The Balaban J connectivity index is 1.38. The maximum Gasteiger partial charge on any atom is 0.265 e. The number of nitrogens with zero attached hydrogens (tertiary/aromatic N) is 3. The van der Waals surface area contributed by atoms with Crippen LogP contribution < -0.4 is 14.2 Å². The maximum absolute atomic E-state index is 15.7. The number of benzene rings is 2. The summed E-state index contributed by atoms with van der Waals surface area (Å²) in [6.07, 6.45) is 0.540. The minimum absolute atomic E-state index is 0.0169. The van der Waals surface area contributed by atoms with Crippen molar-refractivity contribution in [1.29, 1.82) is 0 Å². The molecule has 1 saturated carbocycles. The van der Waals surface area contributed by atoms with Gasteiger partial charge in [0.1, 0.15) is 23.9 Å². The largest absolute Gasteiger partial charge is 0.483 e. The zero-order chi connectivity index (χ0) is 38.7. The van der Waals surface area contributed by atoms with Crippen LogP contribution in [-0.2, 0) is 28.9 Å². The van der Waals surface area contributed by atoms with Crippen LogP contribution in [0.3, 0.4) is 0 Å². The van der Waals surface area contributed by atoms with Gasteiger partial charge in [0.2, 0.25) is 5.78 Å². The average Bonchev–Trinajstić information content (AvgIpc) is 3.55. The van der Waals surface area contributed by atoms with Crippen molar-refractivity contribution in [3.63, 3.8) is 0 Å². The number of halogens is 1. The topological polar surface area (TPSA) is 130 Å². The van der Waals surface area contributed by atoms with Crippen molar-refractivity contribution in [3.8, 4) is 17.5 Å². The number of hydrogen-bond acceptors (Lipinski definition) is 11. The molecule has 2 heterocycles. The Labute approximate surface area is 321 Å². The Morgan fingerprint density at radius 1 is 0.926 bits per heavy atom. The van der Waals surface area contributed by atoms with Crippen molar-refractivity contribution >= 4 is 37.3 Å². The van der Waals surface area contributed by atoms with Gasteiger partial charge in [-0.25, -0.2) is 0 Å². The zero-order valence-corrected chi connectivity index (χ0v) is 33.7. The lowest BCUT2D eigenvalue weighted by atomic mass is 9.54. The van der Waals surface area contributed by atoms with E-state index < -0.39 is 60.1 Å². The second-order valence-corrected chi connectivity index (χ2v) is 21.3. The molecule has 0 N–H and O–H groups in total. The fourth-order valence-electron chi connectivity index (χ4n) is 8.06. The van der Waals surface area contributed by atoms with E-state index in [1.54, 1.807) is 0 Å². The minimum Gasteiger partial charge on any atom is -0.483 e. The second kappa shape index (κ2) is 14.0. The molecular formula is C41H46ClN3O8Si. The number of ether oxygens (including phenoxy) is 3. The monoisotopic (exact) mass is 771 g/mol. The van der Waals surface area contributed by atoms with Gasteiger partial charge in [-0.05, 0) is 67.3 Å². The van der Waals surface area contributed by atoms with Crippen LogP contribution in [0.1, 0.15) is 76.4 Å². The average molecular weight is 772 g/mol. The molecule has 5 atom stereocenters. The number of carbonyl (C=O) groups excluding carboxylic acids is 3. The van der Waals surface area contributed by atoms with Gasteiger partial charge < -0.3 is 23.2 Å². The third-order valence-electron chi connectivity index (χ3n) is 11.7. The number of methoxy groups -OCH3 is 1. The van der Waals surface area contributed by atoms with E-state index in [1.807, 2.05) is 92.8 Å². The Bertz CT molecular complexity index is 2100. The maximum atomic E-state index is 15.7. The summed E-state index contributed by atoms with van der Waals surface area (Å²) in [5, 5.41) is 3.96. The van der Waals surface area contributed by atoms with Gasteiger partial charge in [0, 0.05) is 11.5 Å². The molecule has 54 heavy (non-hydrogen) atoms. The molecule has 2 aromatic heterocycles. The van der Waals surface area contributed by atoms with Crippen molar-refractivity contribution in [1.82, 2.24) is 15.0 Å². The van der Waals surface area contributed by atoms with Crippen molar-refractivity contribution in [3.05, 3.63) is 99.4 Å². The summed E-state index contributed by atoms with van der Waals surface area (Å²) < 4.78 is 31.2. The number of aromatic nitrogens is 2. The number of pyridine rings is 1. The van der Waals surface area contributed by atoms with Crippen LogP contribution >= 0.6 is 11.6 Å². The number of fused-ring (bicyclic) bond motifs is 4. The van der Waals surface area contributed by atoms with Crippen molar-refractivity contribution < 1.29 is 37.5 Å². The van der Waals surface area contributed by atoms with E-state index in [4.69, 9.17) is 34.8 Å². The van der Waals surface area contributed by atoms with E-state index in [0.717, 1.165) is 11.1 Å². The molecule has 0 radical (unpaired) electrons. The zero-order valence-electron chi connectivity index (χ0n) is 31.9. The van der Waals surface area contributed by atoms with Crippen LogP contribution in [0.2, 0.25) is 23.3 Å². The van der Waals surface area contributed by atoms with E-state index in [0.29, 0.717) is 11.3 Å². The van der Waals surface area contributed by atoms with Gasteiger partial charge in [-0.15, -0.1) is 0 Å². The first kappa shape index (κ1) is 37.9. The molecule has 0 spiro atoms. The number of Topliss-reactive ketones (excluding diaryl/α,β-unsaturated/α-hetero) is 3. The SMILES string of the molecule is COc1nc(Cl)c2c(c1OCc1ccccc1)C(=O)C1C(=O)[C@]3(O[Si](C)(C)C(C)(C)C)C(=O)c4c(OCc5ccccc5)noc4[C@@H](N(C)C)[C@@H]3C[C@@H]1C2. The molecule has 1 unspecified atom stereocenters. The highest BCUT2D eigenvalue weighted by Crippen LogP contribution is 2.59. The van der Waals surface area contributed by atoms with Gasteiger partial charge >= 0.3 is 0 Å². The number of carbonyl (C=O) groups is 3. The normalized spacial score (nSPS) is 23.7. The Kier molecular flexibility index (Phi) is 9.87. The van der Waals surface area contributed by atoms with Gasteiger partial charge in [-0.2, -0.15) is 4.98 Å². The van der Waals surface area contributed by atoms with Gasteiger partial charge in [-0.1, -0.05) is 93.0 Å². The lowest BCUT2D eigenvalue weighted by Gasteiger charge is -2.56. The highest BCUT2D eigenvalue weighted by atomic mass is 35.5. The van der Waals surface area contributed by atoms with Crippen LogP contribution in [-0.4, -0.2) is 67.5 Å². The number of ketones is 3. The summed E-state index contributed by atoms with van der Waals surface area (Å²) in [6, 6.07) is 18.4. The van der Waals surface area contributed by atoms with Crippen LogP contribution in [0.4, 0.5) is 0 Å². The Morgan fingerprint density at radius 2 is 1.54 bits per heavy atom. The molecule has 0 saturated heterocycles. The summed E-state index contributed by atoms with van der Waals surface area (Å²) in [5.41, 5.74) is 0.377. The standard InChI is InChI=1S/C41H46ClN3O8Si/c1-40(2,3)54(7,8)53-41-27(31(45(4)5)33-30(36(41)48)38(44-52-33)51-22-24-17-13-10-14-18-24)20-25-19-26-29(32(46)28(25)35(41)47)34(39(49-6)43-37(26)42)50-21-23-15-11-9-12-16-23/h9-18,25,27-28,31H,19-22H2,1-8H3/t25-,27-,28?,31-,41-/m0/s1. The third kappa shape index (κ3) is 6.17. The lowest BCUT2D eigenvalue weighted by Crippen LogP contribution is -2.70. The second-order valence-electron chi connectivity index (χ2n) is 16.2. The first-order valence-electron chi connectivity index (χ1n) is 18.2. The Morgan fingerprint density at radius 3 is 2.11 bits per heavy atom. The molecule has 13 heteroatoms. The smallest absolute Gasteiger partial charge is 0.265 e. The van der Waals surface area contributed by atoms with Crippen molar-refractivity contribution in [2.75, 3.05) is 21.2 Å². The fourth-order valence-corrected chi connectivity index (χ4v) is 9.76. The molecule has 7 rings (SSSR count). The molecular weight excluding hydrogens is 726 g/mol. The van der Waals surface area contributed by atoms with Crippen LogP contribution in [0.15, 0.2) is 65.2 Å². The molecule has 284 valence electrons. The van der Waals surface area contributed by atoms with Gasteiger partial charge in [0.25, 0.3) is 11.8 Å². The first-order chi connectivity index (χ1) is 25.6. The molecule has 11 nitrogen and oxygen atoms in total. The predicted molar refractivity (Wildman–Crippen MR) is 204 cm³/mol. The predicted octanol–water partition coefficient (Wildman–Crippen LogP) is 7.71. The van der Waals surface area contributed by atoms with E-state index in [-0.39, 0.29) is 59.8 Å². The summed E-state index contributed by atoms with van der Waals surface area (Å²) in [5.74, 6) is -3.71. The first-order valence-corrected chi connectivity index (χ1v) is 21.5. The molecule has 4 aromatic rings. The summed E-state index contributed by atoms with van der Waals surface area (Å²) in [6.45, 7) is 10.4. The molecule has 2 aromatic carbocycles. The van der Waals surface area contributed by atoms with E-state index >= 15 is 14.4 Å². The van der Waals surface area contributed by atoms with Gasteiger partial charge in [0.15, 0.2) is 37.0 Å². The lowest BCUT2D eigenvalue weighted by molar-refractivity contribution is -0.151. The molecule has 0 aliphatic heterocycles. The van der Waals surface area contributed by atoms with E-state index in [1.165, 1.54) is 7.11 Å². The number of hydrogen-bond donors (Lipinski definition) is 0. The highest BCUT2D eigenvalue weighted by Gasteiger charge is 2.70. The van der Waals surface area contributed by atoms with Gasteiger partial charge in [0.05, 0.1) is 24.6 Å². The van der Waals surface area contributed by atoms with Crippen LogP contribution in [0.5, 0.6) is 17.5 Å². The van der Waals surface area contributed by atoms with Gasteiger partial charge in [-0.3, -0.25) is 19.3 Å². The molecule has 3 aliphatic carbocycles. The van der Waals surface area contributed by atoms with E-state index in [2.05, 4.69) is 30.9 Å². The third-order valence-corrected chi connectivity index (χ3v) is 16.4. The highest BCUT2D eigenvalue weighted by molar-refractivity contribution is 6.74. The van der Waals surface area contributed by atoms with Crippen molar-refractivity contribution in [2.24, 2.45) is 17.8 Å². The quantitative estimate of drug-likeness (QED) is 0.0893. The summed E-state index contributed by atoms with van der Waals surface area (Å²) >= 11 is 6.79. The Hall–Kier alpha value is -4.36. The summed E-state index contributed by atoms with van der Waals surface area (Å²) in [7, 11) is 2.24. The van der Waals surface area contributed by atoms with Crippen molar-refractivity contribution in [2.45, 2.75) is 76.6 Å². The minimum atomic E-state index is -2.92. The fraction of sp³-hybridized carbons (Fsp3) is 0.439.